The van der Waals surface area contributed by atoms with Crippen molar-refractivity contribution in [2.75, 3.05) is 0 Å². The normalized spacial score (nSPS) is 10.9. The Morgan fingerprint density at radius 1 is 1.22 bits per heavy atom. The Kier molecular flexibility index (Phi) is 4.26. The Labute approximate surface area is 138 Å². The molecule has 23 heavy (non-hydrogen) atoms. The van der Waals surface area contributed by atoms with Crippen LogP contribution in [-0.4, -0.2) is 16.1 Å². The maximum atomic E-state index is 11.0. The van der Waals surface area contributed by atoms with Crippen molar-refractivity contribution < 1.29 is 14.6 Å². The van der Waals surface area contributed by atoms with Gasteiger partial charge in [-0.3, -0.25) is 4.79 Å². The van der Waals surface area contributed by atoms with Crippen LogP contribution < -0.4 is 4.74 Å². The summed E-state index contributed by atoms with van der Waals surface area (Å²) < 4.78 is 5.80. The van der Waals surface area contributed by atoms with Gasteiger partial charge in [0.25, 0.3) is 0 Å². The molecule has 2 N–H and O–H groups in total. The Bertz CT molecular complexity index is 853. The van der Waals surface area contributed by atoms with Gasteiger partial charge < -0.3 is 14.8 Å². The summed E-state index contributed by atoms with van der Waals surface area (Å²) in [6.07, 6.45) is -0.00747. The van der Waals surface area contributed by atoms with Crippen LogP contribution >= 0.6 is 11.6 Å². The summed E-state index contributed by atoms with van der Waals surface area (Å²) >= 11 is 5.86. The highest BCUT2D eigenvalue weighted by molar-refractivity contribution is 6.30. The van der Waals surface area contributed by atoms with Gasteiger partial charge in [-0.15, -0.1) is 0 Å². The molecule has 0 unspecified atom stereocenters. The molecule has 0 atom stereocenters. The van der Waals surface area contributed by atoms with Crippen LogP contribution in [0.5, 0.6) is 5.75 Å². The van der Waals surface area contributed by atoms with E-state index >= 15 is 0 Å². The molecule has 118 valence electrons. The van der Waals surface area contributed by atoms with Crippen LogP contribution in [0.15, 0.2) is 42.5 Å². The third kappa shape index (κ3) is 3.48. The molecular weight excluding hydrogens is 314 g/mol. The Morgan fingerprint density at radius 3 is 2.65 bits per heavy atom. The zero-order chi connectivity index (χ0) is 16.4. The standard InChI is InChI=1S/C18H16ClNO3/c1-11-15(9-18(21)22)16-8-14(6-7-17(16)20-11)23-10-12-2-4-13(19)5-3-12/h2-8,20H,9-10H2,1H3,(H,21,22). The number of hydrogen-bond acceptors (Lipinski definition) is 2. The number of aryl methyl sites for hydroxylation is 1. The van der Waals surface area contributed by atoms with Crippen molar-refractivity contribution in [1.29, 1.82) is 0 Å². The maximum Gasteiger partial charge on any atom is 0.307 e. The van der Waals surface area contributed by atoms with E-state index in [-0.39, 0.29) is 6.42 Å². The van der Waals surface area contributed by atoms with E-state index in [9.17, 15) is 4.79 Å². The van der Waals surface area contributed by atoms with Gasteiger partial charge in [0, 0.05) is 21.6 Å². The van der Waals surface area contributed by atoms with Crippen LogP contribution in [-0.2, 0) is 17.8 Å². The lowest BCUT2D eigenvalue weighted by Gasteiger charge is -2.07. The number of aromatic nitrogens is 1. The SMILES string of the molecule is Cc1[nH]c2ccc(OCc3ccc(Cl)cc3)cc2c1CC(=O)O. The van der Waals surface area contributed by atoms with Crippen molar-refractivity contribution in [1.82, 2.24) is 4.98 Å². The molecule has 4 nitrogen and oxygen atoms in total. The Balaban J connectivity index is 1.84. The highest BCUT2D eigenvalue weighted by atomic mass is 35.5. The fraction of sp³-hybridized carbons (Fsp3) is 0.167. The quantitative estimate of drug-likeness (QED) is 0.732. The molecule has 0 aliphatic carbocycles. The first-order valence-electron chi connectivity index (χ1n) is 7.23. The van der Waals surface area contributed by atoms with Crippen molar-refractivity contribution in [3.8, 4) is 5.75 Å². The number of aliphatic carboxylic acids is 1. The number of benzene rings is 2. The summed E-state index contributed by atoms with van der Waals surface area (Å²) in [6.45, 7) is 2.31. The van der Waals surface area contributed by atoms with E-state index < -0.39 is 5.97 Å². The van der Waals surface area contributed by atoms with Crippen molar-refractivity contribution in [3.05, 3.63) is 64.3 Å². The summed E-state index contributed by atoms with van der Waals surface area (Å²) in [6, 6.07) is 13.1. The predicted octanol–water partition coefficient (Wildman–Crippen LogP) is 4.34. The molecule has 0 fully saturated rings. The fourth-order valence-electron chi connectivity index (χ4n) is 2.58. The number of ether oxygens (including phenoxy) is 1. The van der Waals surface area contributed by atoms with E-state index in [2.05, 4.69) is 4.98 Å². The average Bonchev–Trinajstić information content (AvgIpc) is 2.82. The van der Waals surface area contributed by atoms with Gasteiger partial charge in [0.05, 0.1) is 6.42 Å². The molecule has 5 heteroatoms. The molecule has 0 saturated carbocycles. The number of hydrogen-bond donors (Lipinski definition) is 2. The summed E-state index contributed by atoms with van der Waals surface area (Å²) in [5.74, 6) is -0.139. The molecule has 3 rings (SSSR count). The molecule has 0 aliphatic heterocycles. The maximum absolute atomic E-state index is 11.0. The molecule has 1 aromatic heterocycles. The number of rotatable bonds is 5. The molecule has 0 radical (unpaired) electrons. The van der Waals surface area contributed by atoms with Gasteiger partial charge in [-0.1, -0.05) is 23.7 Å². The first kappa shape index (κ1) is 15.4. The minimum Gasteiger partial charge on any atom is -0.489 e. The minimum absolute atomic E-state index is 0.00747. The molecule has 0 amide bonds. The second-order valence-corrected chi connectivity index (χ2v) is 5.86. The van der Waals surface area contributed by atoms with Gasteiger partial charge in [-0.25, -0.2) is 0 Å². The number of H-pyrrole nitrogens is 1. The molecular formula is C18H16ClNO3. The highest BCUT2D eigenvalue weighted by Crippen LogP contribution is 2.27. The van der Waals surface area contributed by atoms with Crippen LogP contribution in [0.1, 0.15) is 16.8 Å². The molecule has 0 aliphatic rings. The van der Waals surface area contributed by atoms with Crippen molar-refractivity contribution in [3.63, 3.8) is 0 Å². The van der Waals surface area contributed by atoms with Crippen LogP contribution in [0.3, 0.4) is 0 Å². The van der Waals surface area contributed by atoms with Gasteiger partial charge in [-0.05, 0) is 48.4 Å². The number of fused-ring (bicyclic) bond motifs is 1. The monoisotopic (exact) mass is 329 g/mol. The number of carboxylic acids is 1. The van der Waals surface area contributed by atoms with Crippen LogP contribution in [0.4, 0.5) is 0 Å². The van der Waals surface area contributed by atoms with Crippen molar-refractivity contribution in [2.24, 2.45) is 0 Å². The second kappa shape index (κ2) is 6.34. The molecule has 1 heterocycles. The minimum atomic E-state index is -0.846. The highest BCUT2D eigenvalue weighted by Gasteiger charge is 2.12. The van der Waals surface area contributed by atoms with Gasteiger partial charge >= 0.3 is 5.97 Å². The van der Waals surface area contributed by atoms with Crippen LogP contribution in [0, 0.1) is 6.92 Å². The summed E-state index contributed by atoms with van der Waals surface area (Å²) in [4.78, 5) is 14.2. The van der Waals surface area contributed by atoms with E-state index in [0.29, 0.717) is 17.4 Å². The number of carbonyl (C=O) groups is 1. The molecule has 2 aromatic carbocycles. The van der Waals surface area contributed by atoms with Gasteiger partial charge in [-0.2, -0.15) is 0 Å². The van der Waals surface area contributed by atoms with E-state index in [1.165, 1.54) is 0 Å². The van der Waals surface area contributed by atoms with E-state index in [1.54, 1.807) is 0 Å². The lowest BCUT2D eigenvalue weighted by atomic mass is 10.1. The smallest absolute Gasteiger partial charge is 0.307 e. The molecule has 0 spiro atoms. The number of aromatic amines is 1. The largest absolute Gasteiger partial charge is 0.489 e. The average molecular weight is 330 g/mol. The summed E-state index contributed by atoms with van der Waals surface area (Å²) in [5.41, 5.74) is 3.60. The zero-order valence-electron chi connectivity index (χ0n) is 12.6. The van der Waals surface area contributed by atoms with Crippen molar-refractivity contribution in [2.45, 2.75) is 20.0 Å². The third-order valence-electron chi connectivity index (χ3n) is 3.74. The van der Waals surface area contributed by atoms with Crippen LogP contribution in [0.2, 0.25) is 5.02 Å². The molecule has 0 saturated heterocycles. The molecule has 0 bridgehead atoms. The lowest BCUT2D eigenvalue weighted by molar-refractivity contribution is -0.136. The number of nitrogens with one attached hydrogen (secondary N) is 1. The summed E-state index contributed by atoms with van der Waals surface area (Å²) in [5, 5.41) is 10.6. The van der Waals surface area contributed by atoms with Gasteiger partial charge in [0.1, 0.15) is 12.4 Å². The van der Waals surface area contributed by atoms with E-state index in [4.69, 9.17) is 21.4 Å². The van der Waals surface area contributed by atoms with Gasteiger partial charge in [0.15, 0.2) is 0 Å². The zero-order valence-corrected chi connectivity index (χ0v) is 13.4. The van der Waals surface area contributed by atoms with E-state index in [1.807, 2.05) is 49.4 Å². The number of carboxylic acid groups (broad SMARTS) is 1. The summed E-state index contributed by atoms with van der Waals surface area (Å²) in [7, 11) is 0. The molecule has 3 aromatic rings. The fourth-order valence-corrected chi connectivity index (χ4v) is 2.70. The first-order valence-corrected chi connectivity index (χ1v) is 7.61. The Morgan fingerprint density at radius 2 is 1.96 bits per heavy atom. The van der Waals surface area contributed by atoms with Gasteiger partial charge in [0.2, 0.25) is 0 Å². The third-order valence-corrected chi connectivity index (χ3v) is 3.99. The Hall–Kier alpha value is -2.46. The lowest BCUT2D eigenvalue weighted by Crippen LogP contribution is -2.01. The van der Waals surface area contributed by atoms with E-state index in [0.717, 1.165) is 27.7 Å². The topological polar surface area (TPSA) is 62.3 Å². The predicted molar refractivity (Wildman–Crippen MR) is 90.2 cm³/mol. The second-order valence-electron chi connectivity index (χ2n) is 5.42. The first-order chi connectivity index (χ1) is 11.0. The van der Waals surface area contributed by atoms with Crippen molar-refractivity contribution >= 4 is 28.5 Å². The number of halogens is 1. The van der Waals surface area contributed by atoms with Crippen LogP contribution in [0.25, 0.3) is 10.9 Å².